The normalized spacial score (nSPS) is 26.7. The second-order valence-electron chi connectivity index (χ2n) is 8.86. The summed E-state index contributed by atoms with van der Waals surface area (Å²) in [5, 5.41) is 0.580. The summed E-state index contributed by atoms with van der Waals surface area (Å²) in [7, 11) is 0. The van der Waals surface area contributed by atoms with E-state index in [-0.39, 0.29) is 11.5 Å². The minimum atomic E-state index is 0.149. The van der Waals surface area contributed by atoms with Gasteiger partial charge < -0.3 is 14.4 Å². The maximum atomic E-state index is 5.85. The van der Waals surface area contributed by atoms with Crippen molar-refractivity contribution in [3.63, 3.8) is 0 Å². The van der Waals surface area contributed by atoms with Gasteiger partial charge in [-0.15, -0.1) is 0 Å². The zero-order valence-electron chi connectivity index (χ0n) is 16.7. The van der Waals surface area contributed by atoms with Crippen molar-refractivity contribution >= 4 is 17.4 Å². The molecular formula is C22H33NO2S. The number of hydrogen-bond acceptors (Lipinski definition) is 4. The van der Waals surface area contributed by atoms with Crippen molar-refractivity contribution in [2.24, 2.45) is 5.41 Å². The molecule has 0 spiro atoms. The van der Waals surface area contributed by atoms with Crippen LogP contribution in [0.1, 0.15) is 67.9 Å². The maximum Gasteiger partial charge on any atom is 0.147 e. The predicted molar refractivity (Wildman–Crippen MR) is 110 cm³/mol. The summed E-state index contributed by atoms with van der Waals surface area (Å²) in [4.78, 5) is 2.67. The number of hydrogen-bond donors (Lipinski definition) is 0. The molecule has 0 N–H and O–H groups in total. The molecule has 1 saturated heterocycles. The third kappa shape index (κ3) is 3.29. The molecule has 0 bridgehead atoms. The van der Waals surface area contributed by atoms with Crippen molar-refractivity contribution in [2.45, 2.75) is 63.7 Å². The van der Waals surface area contributed by atoms with Gasteiger partial charge in [-0.3, -0.25) is 0 Å². The van der Waals surface area contributed by atoms with Crippen molar-refractivity contribution in [1.29, 1.82) is 0 Å². The van der Waals surface area contributed by atoms with Crippen LogP contribution in [0.5, 0.6) is 0 Å². The monoisotopic (exact) mass is 375 g/mol. The highest BCUT2D eigenvalue weighted by Crippen LogP contribution is 2.48. The van der Waals surface area contributed by atoms with E-state index in [0.29, 0.717) is 18.0 Å². The van der Waals surface area contributed by atoms with Crippen LogP contribution in [-0.4, -0.2) is 38.8 Å². The van der Waals surface area contributed by atoms with Crippen molar-refractivity contribution in [3.05, 3.63) is 28.8 Å². The van der Waals surface area contributed by atoms with Crippen LogP contribution in [0, 0.1) is 5.41 Å². The second kappa shape index (κ2) is 7.37. The summed E-state index contributed by atoms with van der Waals surface area (Å²) in [6, 6.07) is 4.88. The zero-order valence-corrected chi connectivity index (χ0v) is 17.5. The number of nitrogens with zero attached hydrogens (tertiary/aromatic N) is 1. The van der Waals surface area contributed by atoms with Crippen molar-refractivity contribution in [2.75, 3.05) is 37.6 Å². The first-order valence-electron chi connectivity index (χ1n) is 10.1. The number of ether oxygens (including phenoxy) is 2. The molecule has 144 valence electrons. The highest BCUT2D eigenvalue weighted by atomic mass is 32.2. The van der Waals surface area contributed by atoms with E-state index in [1.54, 1.807) is 22.4 Å². The Morgan fingerprint density at radius 3 is 2.88 bits per heavy atom. The third-order valence-electron chi connectivity index (χ3n) is 6.77. The van der Waals surface area contributed by atoms with Crippen LogP contribution >= 0.6 is 11.8 Å². The highest BCUT2D eigenvalue weighted by molar-refractivity contribution is 7.98. The Morgan fingerprint density at radius 2 is 2.15 bits per heavy atom. The van der Waals surface area contributed by atoms with Crippen LogP contribution in [0.15, 0.2) is 12.1 Å². The molecule has 0 saturated carbocycles. The molecule has 3 heterocycles. The van der Waals surface area contributed by atoms with Crippen LogP contribution in [0.2, 0.25) is 0 Å². The van der Waals surface area contributed by atoms with Gasteiger partial charge in [0.05, 0.1) is 12.7 Å². The van der Waals surface area contributed by atoms with Crippen molar-refractivity contribution in [3.8, 4) is 0 Å². The van der Waals surface area contributed by atoms with Crippen LogP contribution in [0.4, 0.5) is 5.69 Å². The van der Waals surface area contributed by atoms with Crippen molar-refractivity contribution < 1.29 is 9.47 Å². The number of benzene rings is 1. The Kier molecular flexibility index (Phi) is 5.28. The fourth-order valence-electron chi connectivity index (χ4n) is 5.16. The Labute approximate surface area is 162 Å². The van der Waals surface area contributed by atoms with Gasteiger partial charge in [0.25, 0.3) is 0 Å². The van der Waals surface area contributed by atoms with Gasteiger partial charge in [0.15, 0.2) is 0 Å². The molecular weight excluding hydrogens is 342 g/mol. The van der Waals surface area contributed by atoms with Gasteiger partial charge in [-0.05, 0) is 66.9 Å². The Balaban J connectivity index is 1.66. The van der Waals surface area contributed by atoms with Gasteiger partial charge >= 0.3 is 0 Å². The van der Waals surface area contributed by atoms with Crippen molar-refractivity contribution in [1.82, 2.24) is 0 Å². The first-order valence-corrected chi connectivity index (χ1v) is 11.4. The van der Waals surface area contributed by atoms with E-state index < -0.39 is 0 Å². The number of thioether (sulfide) groups is 1. The first kappa shape index (κ1) is 18.6. The van der Waals surface area contributed by atoms with Gasteiger partial charge in [0, 0.05) is 24.0 Å². The summed E-state index contributed by atoms with van der Waals surface area (Å²) in [6.07, 6.45) is 7.45. The van der Waals surface area contributed by atoms with Gasteiger partial charge in [-0.2, -0.15) is 11.8 Å². The molecule has 3 aliphatic heterocycles. The fraction of sp³-hybridized carbons (Fsp3) is 0.727. The molecule has 26 heavy (non-hydrogen) atoms. The Bertz CT molecular complexity index is 654. The SMILES string of the molecule is CSC(C)c1ccc2c3c1CCCN3CCC2CC(C)(C)C1COCO1. The van der Waals surface area contributed by atoms with Gasteiger partial charge in [0.1, 0.15) is 6.79 Å². The summed E-state index contributed by atoms with van der Waals surface area (Å²) in [5.74, 6) is 0.635. The largest absolute Gasteiger partial charge is 0.371 e. The summed E-state index contributed by atoms with van der Waals surface area (Å²) >= 11 is 1.96. The highest BCUT2D eigenvalue weighted by Gasteiger charge is 2.39. The van der Waals surface area contributed by atoms with Gasteiger partial charge in [-0.25, -0.2) is 0 Å². The summed E-state index contributed by atoms with van der Waals surface area (Å²) < 4.78 is 11.3. The molecule has 1 aromatic carbocycles. The fourth-order valence-corrected chi connectivity index (χ4v) is 5.63. The topological polar surface area (TPSA) is 21.7 Å². The molecule has 0 aliphatic carbocycles. The quantitative estimate of drug-likeness (QED) is 0.710. The molecule has 3 unspecified atom stereocenters. The van der Waals surface area contributed by atoms with Gasteiger partial charge in [-0.1, -0.05) is 26.0 Å². The zero-order chi connectivity index (χ0) is 18.3. The molecule has 0 radical (unpaired) electrons. The van der Waals surface area contributed by atoms with Gasteiger partial charge in [0.2, 0.25) is 0 Å². The summed E-state index contributed by atoms with van der Waals surface area (Å²) in [6.45, 7) is 10.7. The molecule has 3 nitrogen and oxygen atoms in total. The van der Waals surface area contributed by atoms with E-state index in [2.05, 4.69) is 44.1 Å². The second-order valence-corrected chi connectivity index (χ2v) is 10.0. The van der Waals surface area contributed by atoms with E-state index in [4.69, 9.17) is 9.47 Å². The lowest BCUT2D eigenvalue weighted by Crippen LogP contribution is -2.39. The van der Waals surface area contributed by atoms with Crippen LogP contribution in [0.3, 0.4) is 0 Å². The summed E-state index contributed by atoms with van der Waals surface area (Å²) in [5.41, 5.74) is 6.53. The molecule has 1 fully saturated rings. The first-order chi connectivity index (χ1) is 12.5. The standard InChI is InChI=1S/C22H33NO2S/c1-15(26-4)17-7-8-18-16(12-22(2,3)20-13-24-14-25-20)9-11-23-10-5-6-19(17)21(18)23/h7-8,15-16,20H,5-6,9-14H2,1-4H3. The minimum absolute atomic E-state index is 0.149. The third-order valence-corrected chi connectivity index (χ3v) is 7.73. The maximum absolute atomic E-state index is 5.85. The number of rotatable bonds is 5. The molecule has 0 aromatic heterocycles. The number of anilines is 1. The van der Waals surface area contributed by atoms with Crippen LogP contribution < -0.4 is 4.90 Å². The Hall–Kier alpha value is -0.710. The smallest absolute Gasteiger partial charge is 0.147 e. The lowest BCUT2D eigenvalue weighted by molar-refractivity contribution is -0.00268. The Morgan fingerprint density at radius 1 is 1.31 bits per heavy atom. The average Bonchev–Trinajstić information content (AvgIpc) is 3.19. The lowest BCUT2D eigenvalue weighted by Gasteiger charge is -2.43. The van der Waals surface area contributed by atoms with E-state index in [9.17, 15) is 0 Å². The molecule has 3 atom stereocenters. The van der Waals surface area contributed by atoms with Crippen LogP contribution in [0.25, 0.3) is 0 Å². The molecule has 3 aliphatic rings. The minimum Gasteiger partial charge on any atom is -0.371 e. The molecule has 4 heteroatoms. The molecule has 4 rings (SSSR count). The molecule has 1 aromatic rings. The van der Waals surface area contributed by atoms with E-state index >= 15 is 0 Å². The lowest BCUT2D eigenvalue weighted by atomic mass is 9.72. The van der Waals surface area contributed by atoms with Crippen LogP contribution in [-0.2, 0) is 15.9 Å². The van der Waals surface area contributed by atoms with E-state index in [0.717, 1.165) is 6.61 Å². The molecule has 0 amide bonds. The average molecular weight is 376 g/mol. The van der Waals surface area contributed by atoms with E-state index in [1.807, 2.05) is 11.8 Å². The predicted octanol–water partition coefficient (Wildman–Crippen LogP) is 5.14. The van der Waals surface area contributed by atoms with E-state index in [1.165, 1.54) is 38.8 Å².